The molecule has 0 radical (unpaired) electrons. The molecule has 1 saturated heterocycles. The van der Waals surface area contributed by atoms with Crippen molar-refractivity contribution >= 4 is 11.6 Å². The maximum absolute atomic E-state index is 4.66. The van der Waals surface area contributed by atoms with Crippen LogP contribution < -0.4 is 5.32 Å². The van der Waals surface area contributed by atoms with Gasteiger partial charge in [0.15, 0.2) is 5.82 Å². The molecule has 26 heavy (non-hydrogen) atoms. The molecule has 1 fully saturated rings. The number of nitrogens with one attached hydrogen (secondary N) is 2. The summed E-state index contributed by atoms with van der Waals surface area (Å²) in [6.07, 6.45) is 11.2. The first-order valence-corrected chi connectivity index (χ1v) is 8.99. The van der Waals surface area contributed by atoms with Crippen molar-refractivity contribution in [2.75, 3.05) is 18.4 Å². The van der Waals surface area contributed by atoms with E-state index in [1.165, 1.54) is 0 Å². The van der Waals surface area contributed by atoms with Crippen LogP contribution in [-0.2, 0) is 6.54 Å². The van der Waals surface area contributed by atoms with Crippen molar-refractivity contribution in [3.05, 3.63) is 60.2 Å². The van der Waals surface area contributed by atoms with Gasteiger partial charge in [0, 0.05) is 49.5 Å². The lowest BCUT2D eigenvalue weighted by Crippen LogP contribution is -2.34. The highest BCUT2D eigenvalue weighted by Crippen LogP contribution is 2.31. The molecule has 4 rings (SSSR count). The third-order valence-electron chi connectivity index (χ3n) is 4.81. The number of likely N-dealkylation sites (tertiary alicyclic amines) is 1. The molecule has 1 aliphatic rings. The molecule has 7 nitrogen and oxygen atoms in total. The van der Waals surface area contributed by atoms with E-state index < -0.39 is 0 Å². The van der Waals surface area contributed by atoms with Crippen LogP contribution in [0, 0.1) is 6.92 Å². The van der Waals surface area contributed by atoms with E-state index in [1.807, 2.05) is 25.3 Å². The number of hydrogen-bond donors (Lipinski definition) is 2. The molecular formula is C19H23N7. The van der Waals surface area contributed by atoms with Gasteiger partial charge in [0.25, 0.3) is 0 Å². The summed E-state index contributed by atoms with van der Waals surface area (Å²) in [4.78, 5) is 23.4. The smallest absolute Gasteiger partial charge is 0.153 e. The lowest BCUT2D eigenvalue weighted by molar-refractivity contribution is 0.197. The quantitative estimate of drug-likeness (QED) is 0.737. The van der Waals surface area contributed by atoms with Gasteiger partial charge in [-0.3, -0.25) is 9.88 Å². The molecular weight excluding hydrogens is 326 g/mol. The van der Waals surface area contributed by atoms with E-state index >= 15 is 0 Å². The number of pyridine rings is 1. The molecule has 0 spiro atoms. The molecule has 0 aromatic carbocycles. The molecule has 2 N–H and O–H groups in total. The molecule has 7 heteroatoms. The monoisotopic (exact) mass is 349 g/mol. The summed E-state index contributed by atoms with van der Waals surface area (Å²) < 4.78 is 0. The van der Waals surface area contributed by atoms with Crippen LogP contribution >= 0.6 is 0 Å². The molecule has 0 amide bonds. The summed E-state index contributed by atoms with van der Waals surface area (Å²) in [5, 5.41) is 3.38. The van der Waals surface area contributed by atoms with Crippen LogP contribution in [0.4, 0.5) is 11.6 Å². The largest absolute Gasteiger partial charge is 0.347 e. The molecule has 0 unspecified atom stereocenters. The summed E-state index contributed by atoms with van der Waals surface area (Å²) in [6, 6.07) is 3.98. The minimum atomic E-state index is 0.354. The number of aromatic nitrogens is 5. The van der Waals surface area contributed by atoms with E-state index in [2.05, 4.69) is 35.1 Å². The van der Waals surface area contributed by atoms with E-state index in [0.717, 1.165) is 61.1 Å². The summed E-state index contributed by atoms with van der Waals surface area (Å²) in [5.74, 6) is 1.99. The lowest BCUT2D eigenvalue weighted by atomic mass is 9.94. The minimum absolute atomic E-state index is 0.354. The van der Waals surface area contributed by atoms with E-state index in [1.54, 1.807) is 24.9 Å². The van der Waals surface area contributed by atoms with Gasteiger partial charge in [-0.15, -0.1) is 0 Å². The molecule has 0 bridgehead atoms. The Morgan fingerprint density at radius 1 is 1.19 bits per heavy atom. The van der Waals surface area contributed by atoms with Crippen LogP contribution in [0.15, 0.2) is 43.2 Å². The Hall–Kier alpha value is -2.80. The standard InChI is InChI=1S/C19H23N7/c1-14-4-2-6-22-18(14)25-19-17(21-7-8-23-19)15-5-3-9-26(11-15)12-16-10-20-13-24-16/h2,4,6-8,10,13,15H,3,5,9,11-12H2,1H3,(H,20,24)(H,22,23,25)/t15-/m1/s1. The van der Waals surface area contributed by atoms with Crippen LogP contribution in [0.5, 0.6) is 0 Å². The van der Waals surface area contributed by atoms with Crippen molar-refractivity contribution in [2.45, 2.75) is 32.2 Å². The highest BCUT2D eigenvalue weighted by Gasteiger charge is 2.25. The van der Waals surface area contributed by atoms with Crippen LogP contribution in [0.2, 0.25) is 0 Å². The van der Waals surface area contributed by atoms with Gasteiger partial charge in [-0.25, -0.2) is 15.0 Å². The van der Waals surface area contributed by atoms with Gasteiger partial charge in [-0.2, -0.15) is 0 Å². The van der Waals surface area contributed by atoms with Crippen molar-refractivity contribution in [1.82, 2.24) is 29.8 Å². The van der Waals surface area contributed by atoms with Gasteiger partial charge >= 0.3 is 0 Å². The van der Waals surface area contributed by atoms with E-state index in [4.69, 9.17) is 0 Å². The number of anilines is 2. The molecule has 0 saturated carbocycles. The SMILES string of the molecule is Cc1cccnc1Nc1nccnc1[C@@H]1CCCN(Cc2cnc[nH]2)C1. The molecule has 0 aliphatic carbocycles. The van der Waals surface area contributed by atoms with Gasteiger partial charge < -0.3 is 10.3 Å². The van der Waals surface area contributed by atoms with Gasteiger partial charge in [0.05, 0.1) is 12.0 Å². The zero-order valence-corrected chi connectivity index (χ0v) is 14.9. The fraction of sp³-hybridized carbons (Fsp3) is 0.368. The number of imidazole rings is 1. The Labute approximate surface area is 152 Å². The number of piperidine rings is 1. The maximum atomic E-state index is 4.66. The first-order chi connectivity index (χ1) is 12.8. The molecule has 3 aromatic heterocycles. The number of aryl methyl sites for hydroxylation is 1. The van der Waals surface area contributed by atoms with Crippen LogP contribution in [0.1, 0.15) is 35.7 Å². The Balaban J connectivity index is 1.53. The van der Waals surface area contributed by atoms with E-state index in [0.29, 0.717) is 5.92 Å². The van der Waals surface area contributed by atoms with E-state index in [-0.39, 0.29) is 0 Å². The Bertz CT molecular complexity index is 847. The normalized spacial score (nSPS) is 18.0. The molecule has 1 atom stereocenters. The average molecular weight is 349 g/mol. The molecule has 3 aromatic rings. The van der Waals surface area contributed by atoms with Gasteiger partial charge in [0.1, 0.15) is 5.82 Å². The van der Waals surface area contributed by atoms with Gasteiger partial charge in [-0.1, -0.05) is 6.07 Å². The second kappa shape index (κ2) is 7.61. The molecule has 134 valence electrons. The average Bonchev–Trinajstić information content (AvgIpc) is 3.17. The lowest BCUT2D eigenvalue weighted by Gasteiger charge is -2.32. The highest BCUT2D eigenvalue weighted by molar-refractivity contribution is 5.57. The zero-order chi connectivity index (χ0) is 17.8. The van der Waals surface area contributed by atoms with Crippen molar-refractivity contribution in [3.8, 4) is 0 Å². The Morgan fingerprint density at radius 3 is 2.92 bits per heavy atom. The minimum Gasteiger partial charge on any atom is -0.347 e. The number of aromatic amines is 1. The second-order valence-corrected chi connectivity index (χ2v) is 6.74. The van der Waals surface area contributed by atoms with Gasteiger partial charge in [0.2, 0.25) is 0 Å². The Kier molecular flexibility index (Phi) is 4.88. The van der Waals surface area contributed by atoms with Crippen molar-refractivity contribution in [2.24, 2.45) is 0 Å². The van der Waals surface area contributed by atoms with Crippen molar-refractivity contribution in [3.63, 3.8) is 0 Å². The number of rotatable bonds is 5. The first kappa shape index (κ1) is 16.7. The fourth-order valence-electron chi connectivity index (χ4n) is 3.51. The highest BCUT2D eigenvalue weighted by atomic mass is 15.1. The predicted molar refractivity (Wildman–Crippen MR) is 100 cm³/mol. The number of nitrogens with zero attached hydrogens (tertiary/aromatic N) is 5. The first-order valence-electron chi connectivity index (χ1n) is 8.99. The number of H-pyrrole nitrogens is 1. The summed E-state index contributed by atoms with van der Waals surface area (Å²) in [6.45, 7) is 4.99. The van der Waals surface area contributed by atoms with Gasteiger partial charge in [-0.05, 0) is 37.9 Å². The van der Waals surface area contributed by atoms with Crippen LogP contribution in [0.3, 0.4) is 0 Å². The summed E-state index contributed by atoms with van der Waals surface area (Å²) >= 11 is 0. The van der Waals surface area contributed by atoms with Crippen molar-refractivity contribution in [1.29, 1.82) is 0 Å². The second-order valence-electron chi connectivity index (χ2n) is 6.74. The van der Waals surface area contributed by atoms with Crippen molar-refractivity contribution < 1.29 is 0 Å². The maximum Gasteiger partial charge on any atom is 0.153 e. The molecule has 4 heterocycles. The fourth-order valence-corrected chi connectivity index (χ4v) is 3.51. The Morgan fingerprint density at radius 2 is 2.08 bits per heavy atom. The zero-order valence-electron chi connectivity index (χ0n) is 14.9. The summed E-state index contributed by atoms with van der Waals surface area (Å²) in [7, 11) is 0. The number of hydrogen-bond acceptors (Lipinski definition) is 6. The third kappa shape index (κ3) is 3.72. The summed E-state index contributed by atoms with van der Waals surface area (Å²) in [5.41, 5.74) is 3.26. The predicted octanol–water partition coefficient (Wildman–Crippen LogP) is 3.03. The topological polar surface area (TPSA) is 82.6 Å². The van der Waals surface area contributed by atoms with E-state index in [9.17, 15) is 0 Å². The molecule has 1 aliphatic heterocycles. The van der Waals surface area contributed by atoms with Crippen LogP contribution in [0.25, 0.3) is 0 Å². The third-order valence-corrected chi connectivity index (χ3v) is 4.81. The van der Waals surface area contributed by atoms with Crippen LogP contribution in [-0.4, -0.2) is 42.9 Å².